The normalized spacial score (nSPS) is 17.3. The van der Waals surface area contributed by atoms with Gasteiger partial charge >= 0.3 is 0 Å². The first kappa shape index (κ1) is 18.5. The number of hydrogen-bond acceptors (Lipinski definition) is 4. The van der Waals surface area contributed by atoms with E-state index in [0.29, 0.717) is 38.3 Å². The van der Waals surface area contributed by atoms with E-state index in [4.69, 9.17) is 0 Å². The molecule has 1 heterocycles. The number of benzene rings is 1. The van der Waals surface area contributed by atoms with Crippen LogP contribution in [0.2, 0.25) is 0 Å². The number of aromatic hydroxyl groups is 1. The van der Waals surface area contributed by atoms with Gasteiger partial charge in [0, 0.05) is 26.2 Å². The number of phenols is 1. The van der Waals surface area contributed by atoms with Gasteiger partial charge in [-0.15, -0.1) is 12.4 Å². The van der Waals surface area contributed by atoms with Gasteiger partial charge < -0.3 is 20.2 Å². The van der Waals surface area contributed by atoms with Gasteiger partial charge in [0.15, 0.2) is 0 Å². The summed E-state index contributed by atoms with van der Waals surface area (Å²) in [5.74, 6) is 0.679. The lowest BCUT2D eigenvalue weighted by Crippen LogP contribution is -2.52. The SMILES string of the molecule is Cl.O=C(CNCC1CC1)N1CCN(C(=O)c2ccccc2O)CC1. The van der Waals surface area contributed by atoms with Crippen LogP contribution >= 0.6 is 12.4 Å². The summed E-state index contributed by atoms with van der Waals surface area (Å²) < 4.78 is 0. The van der Waals surface area contributed by atoms with Crippen LogP contribution in [0.3, 0.4) is 0 Å². The van der Waals surface area contributed by atoms with Crippen molar-refractivity contribution in [3.63, 3.8) is 0 Å². The second kappa shape index (κ2) is 8.35. The summed E-state index contributed by atoms with van der Waals surface area (Å²) in [4.78, 5) is 28.0. The maximum atomic E-state index is 12.4. The smallest absolute Gasteiger partial charge is 0.257 e. The quantitative estimate of drug-likeness (QED) is 0.831. The Kier molecular flexibility index (Phi) is 6.45. The highest BCUT2D eigenvalue weighted by atomic mass is 35.5. The summed E-state index contributed by atoms with van der Waals surface area (Å²) in [7, 11) is 0. The number of para-hydroxylation sites is 1. The van der Waals surface area contributed by atoms with E-state index in [2.05, 4.69) is 5.32 Å². The van der Waals surface area contributed by atoms with Crippen LogP contribution in [0.25, 0.3) is 0 Å². The standard InChI is InChI=1S/C17H23N3O3.ClH/c21-15-4-2-1-3-14(15)17(23)20-9-7-19(8-10-20)16(22)12-18-11-13-5-6-13;/h1-4,13,18,21H,5-12H2;1H. The lowest BCUT2D eigenvalue weighted by atomic mass is 10.1. The van der Waals surface area contributed by atoms with E-state index in [1.165, 1.54) is 18.9 Å². The van der Waals surface area contributed by atoms with E-state index in [0.717, 1.165) is 12.5 Å². The zero-order valence-electron chi connectivity index (χ0n) is 13.6. The minimum absolute atomic E-state index is 0. The average Bonchev–Trinajstić information content (AvgIpc) is 3.39. The van der Waals surface area contributed by atoms with Gasteiger partial charge in [0.25, 0.3) is 5.91 Å². The zero-order chi connectivity index (χ0) is 16.2. The predicted octanol–water partition coefficient (Wildman–Crippen LogP) is 1.10. The van der Waals surface area contributed by atoms with Crippen LogP contribution in [0, 0.1) is 5.92 Å². The topological polar surface area (TPSA) is 72.9 Å². The van der Waals surface area contributed by atoms with Gasteiger partial charge in [0.05, 0.1) is 12.1 Å². The van der Waals surface area contributed by atoms with Gasteiger partial charge in [-0.2, -0.15) is 0 Å². The van der Waals surface area contributed by atoms with Crippen molar-refractivity contribution in [2.24, 2.45) is 5.92 Å². The molecule has 2 amide bonds. The van der Waals surface area contributed by atoms with Crippen molar-refractivity contribution in [1.29, 1.82) is 0 Å². The highest BCUT2D eigenvalue weighted by Gasteiger charge is 2.26. The number of piperazine rings is 1. The maximum absolute atomic E-state index is 12.4. The Morgan fingerprint density at radius 1 is 1.08 bits per heavy atom. The van der Waals surface area contributed by atoms with E-state index < -0.39 is 0 Å². The largest absolute Gasteiger partial charge is 0.507 e. The van der Waals surface area contributed by atoms with Gasteiger partial charge in [-0.3, -0.25) is 9.59 Å². The number of halogens is 1. The molecular formula is C17H24ClN3O3. The molecule has 0 aromatic heterocycles. The first-order valence-corrected chi connectivity index (χ1v) is 8.21. The molecule has 0 unspecified atom stereocenters. The third-order valence-corrected chi connectivity index (χ3v) is 4.46. The molecule has 0 atom stereocenters. The second-order valence-electron chi connectivity index (χ2n) is 6.26. The van der Waals surface area contributed by atoms with E-state index in [1.807, 2.05) is 0 Å². The van der Waals surface area contributed by atoms with Crippen LogP contribution in [0.15, 0.2) is 24.3 Å². The van der Waals surface area contributed by atoms with Crippen LogP contribution in [0.4, 0.5) is 0 Å². The average molecular weight is 354 g/mol. The van der Waals surface area contributed by atoms with Gasteiger partial charge in [-0.1, -0.05) is 12.1 Å². The summed E-state index contributed by atoms with van der Waals surface area (Å²) in [5, 5.41) is 13.0. The number of nitrogens with zero attached hydrogens (tertiary/aromatic N) is 2. The van der Waals surface area contributed by atoms with E-state index in [1.54, 1.807) is 28.0 Å². The molecule has 3 rings (SSSR count). The highest BCUT2D eigenvalue weighted by Crippen LogP contribution is 2.27. The summed E-state index contributed by atoms with van der Waals surface area (Å²) in [6.45, 7) is 3.40. The molecule has 1 saturated carbocycles. The molecule has 2 N–H and O–H groups in total. The van der Waals surface area contributed by atoms with Crippen molar-refractivity contribution < 1.29 is 14.7 Å². The van der Waals surface area contributed by atoms with Crippen LogP contribution in [0.1, 0.15) is 23.2 Å². The van der Waals surface area contributed by atoms with Crippen LogP contribution < -0.4 is 5.32 Å². The fourth-order valence-corrected chi connectivity index (χ4v) is 2.80. The maximum Gasteiger partial charge on any atom is 0.257 e. The molecule has 132 valence electrons. The summed E-state index contributed by atoms with van der Waals surface area (Å²) in [6.07, 6.45) is 2.54. The van der Waals surface area contributed by atoms with Gasteiger partial charge in [-0.05, 0) is 37.4 Å². The van der Waals surface area contributed by atoms with Crippen molar-refractivity contribution in [3.05, 3.63) is 29.8 Å². The molecular weight excluding hydrogens is 330 g/mol. The monoisotopic (exact) mass is 353 g/mol. The van der Waals surface area contributed by atoms with Crippen molar-refractivity contribution in [2.45, 2.75) is 12.8 Å². The number of hydrogen-bond donors (Lipinski definition) is 2. The van der Waals surface area contributed by atoms with Gasteiger partial charge in [-0.25, -0.2) is 0 Å². The van der Waals surface area contributed by atoms with E-state index in [-0.39, 0.29) is 30.0 Å². The van der Waals surface area contributed by atoms with Crippen LogP contribution in [-0.4, -0.2) is 66.0 Å². The van der Waals surface area contributed by atoms with E-state index >= 15 is 0 Å². The molecule has 1 saturated heterocycles. The minimum atomic E-state index is -0.179. The van der Waals surface area contributed by atoms with Gasteiger partial charge in [0.2, 0.25) is 5.91 Å². The molecule has 1 aromatic rings. The molecule has 1 aliphatic carbocycles. The molecule has 2 aliphatic rings. The Bertz CT molecular complexity index is 584. The molecule has 0 radical (unpaired) electrons. The Hall–Kier alpha value is -1.79. The second-order valence-corrected chi connectivity index (χ2v) is 6.26. The van der Waals surface area contributed by atoms with Crippen LogP contribution in [-0.2, 0) is 4.79 Å². The number of amides is 2. The fourth-order valence-electron chi connectivity index (χ4n) is 2.80. The molecule has 1 aliphatic heterocycles. The number of rotatable bonds is 5. The Morgan fingerprint density at radius 2 is 1.71 bits per heavy atom. The fraction of sp³-hybridized carbons (Fsp3) is 0.529. The molecule has 1 aromatic carbocycles. The van der Waals surface area contributed by atoms with Crippen LogP contribution in [0.5, 0.6) is 5.75 Å². The molecule has 0 spiro atoms. The third-order valence-electron chi connectivity index (χ3n) is 4.46. The first-order chi connectivity index (χ1) is 11.1. The Labute approximate surface area is 148 Å². The van der Waals surface area contributed by atoms with Crippen molar-refractivity contribution >= 4 is 24.2 Å². The van der Waals surface area contributed by atoms with Gasteiger partial charge in [0.1, 0.15) is 5.75 Å². The Balaban J connectivity index is 0.00000208. The first-order valence-electron chi connectivity index (χ1n) is 8.21. The highest BCUT2D eigenvalue weighted by molar-refractivity contribution is 5.97. The van der Waals surface area contributed by atoms with E-state index in [9.17, 15) is 14.7 Å². The zero-order valence-corrected chi connectivity index (χ0v) is 14.4. The summed E-state index contributed by atoms with van der Waals surface area (Å²) >= 11 is 0. The lowest BCUT2D eigenvalue weighted by Gasteiger charge is -2.35. The molecule has 7 heteroatoms. The number of nitrogens with one attached hydrogen (secondary N) is 1. The molecule has 6 nitrogen and oxygen atoms in total. The number of phenolic OH excluding ortho intramolecular Hbond substituents is 1. The minimum Gasteiger partial charge on any atom is -0.507 e. The lowest BCUT2D eigenvalue weighted by molar-refractivity contribution is -0.131. The third kappa shape index (κ3) is 4.61. The Morgan fingerprint density at radius 3 is 2.33 bits per heavy atom. The van der Waals surface area contributed by atoms with Crippen molar-refractivity contribution in [1.82, 2.24) is 15.1 Å². The molecule has 24 heavy (non-hydrogen) atoms. The number of carbonyl (C=O) groups excluding carboxylic acids is 2. The van der Waals surface area contributed by atoms with Crippen molar-refractivity contribution in [2.75, 3.05) is 39.3 Å². The molecule has 2 fully saturated rings. The summed E-state index contributed by atoms with van der Waals surface area (Å²) in [5.41, 5.74) is 0.318. The number of carbonyl (C=O) groups is 2. The predicted molar refractivity (Wildman–Crippen MR) is 93.4 cm³/mol. The summed E-state index contributed by atoms with van der Waals surface area (Å²) in [6, 6.07) is 6.56. The molecule has 0 bridgehead atoms. The van der Waals surface area contributed by atoms with Crippen molar-refractivity contribution in [3.8, 4) is 5.75 Å².